The Hall–Kier alpha value is -1.26. The molecule has 0 aromatic carbocycles. The van der Waals surface area contributed by atoms with Crippen LogP contribution in [-0.2, 0) is 4.79 Å². The lowest BCUT2D eigenvalue weighted by Crippen LogP contribution is -2.47. The van der Waals surface area contributed by atoms with E-state index in [2.05, 4.69) is 29.8 Å². The maximum atomic E-state index is 12.3. The van der Waals surface area contributed by atoms with Gasteiger partial charge in [0.2, 0.25) is 5.91 Å². The molecule has 0 aliphatic heterocycles. The number of nitrogens with one attached hydrogen (secondary N) is 3. The third kappa shape index (κ3) is 6.52. The molecule has 0 bridgehead atoms. The van der Waals surface area contributed by atoms with Gasteiger partial charge in [0.25, 0.3) is 0 Å². The molecule has 2 rings (SSSR count). The zero-order valence-electron chi connectivity index (χ0n) is 16.7. The van der Waals surface area contributed by atoms with Crippen molar-refractivity contribution < 1.29 is 4.79 Å². The number of carbonyl (C=O) groups is 1. The SMILES string of the molecule is CCNC(=NCC1(C)CCCC1)NC1CCCC(C(=O)NC(C)C)C1. The molecule has 3 N–H and O–H groups in total. The second-order valence-corrected chi connectivity index (χ2v) is 8.58. The van der Waals surface area contributed by atoms with Crippen LogP contribution in [-0.4, -0.2) is 37.0 Å². The first kappa shape index (κ1) is 20.1. The number of hydrogen-bond donors (Lipinski definition) is 3. The van der Waals surface area contributed by atoms with Crippen molar-refractivity contribution >= 4 is 11.9 Å². The fourth-order valence-corrected chi connectivity index (χ4v) is 4.13. The molecule has 5 nitrogen and oxygen atoms in total. The van der Waals surface area contributed by atoms with Gasteiger partial charge in [-0.3, -0.25) is 9.79 Å². The Balaban J connectivity index is 1.90. The maximum Gasteiger partial charge on any atom is 0.223 e. The highest BCUT2D eigenvalue weighted by Gasteiger charge is 2.30. The Morgan fingerprint density at radius 3 is 2.56 bits per heavy atom. The van der Waals surface area contributed by atoms with Crippen LogP contribution in [0.15, 0.2) is 4.99 Å². The first-order valence-corrected chi connectivity index (χ1v) is 10.3. The van der Waals surface area contributed by atoms with Gasteiger partial charge in [-0.05, 0) is 58.3 Å². The minimum atomic E-state index is 0.129. The van der Waals surface area contributed by atoms with Gasteiger partial charge in [-0.25, -0.2) is 0 Å². The lowest BCUT2D eigenvalue weighted by molar-refractivity contribution is -0.126. The highest BCUT2D eigenvalue weighted by molar-refractivity contribution is 5.81. The molecular weight excluding hydrogens is 312 g/mol. The van der Waals surface area contributed by atoms with Crippen LogP contribution in [0.1, 0.15) is 79.1 Å². The summed E-state index contributed by atoms with van der Waals surface area (Å²) in [4.78, 5) is 17.2. The lowest BCUT2D eigenvalue weighted by atomic mass is 9.85. The Kier molecular flexibility index (Phi) is 7.57. The van der Waals surface area contributed by atoms with Crippen molar-refractivity contribution in [2.24, 2.45) is 16.3 Å². The second kappa shape index (κ2) is 9.44. The summed E-state index contributed by atoms with van der Waals surface area (Å²) in [7, 11) is 0. The molecule has 5 heteroatoms. The van der Waals surface area contributed by atoms with E-state index < -0.39 is 0 Å². The summed E-state index contributed by atoms with van der Waals surface area (Å²) < 4.78 is 0. The normalized spacial score (nSPS) is 26.5. The predicted octanol–water partition coefficient (Wildman–Crippen LogP) is 3.21. The van der Waals surface area contributed by atoms with Crippen molar-refractivity contribution in [1.29, 1.82) is 0 Å². The van der Waals surface area contributed by atoms with Crippen molar-refractivity contribution in [3.63, 3.8) is 0 Å². The molecule has 0 aromatic heterocycles. The number of amides is 1. The molecule has 144 valence electrons. The largest absolute Gasteiger partial charge is 0.357 e. The molecule has 2 aliphatic carbocycles. The Bertz CT molecular complexity index is 455. The highest BCUT2D eigenvalue weighted by Crippen LogP contribution is 2.37. The summed E-state index contributed by atoms with van der Waals surface area (Å²) in [5.74, 6) is 1.26. The average molecular weight is 351 g/mol. The van der Waals surface area contributed by atoms with Gasteiger partial charge >= 0.3 is 0 Å². The third-order valence-electron chi connectivity index (χ3n) is 5.59. The molecule has 2 atom stereocenters. The molecule has 2 aliphatic rings. The quantitative estimate of drug-likeness (QED) is 0.509. The van der Waals surface area contributed by atoms with Crippen molar-refractivity contribution in [3.05, 3.63) is 0 Å². The van der Waals surface area contributed by atoms with Gasteiger partial charge in [-0.2, -0.15) is 0 Å². The minimum Gasteiger partial charge on any atom is -0.357 e. The standard InChI is InChI=1S/C20H38N4O/c1-5-21-19(22-14-20(4)11-6-7-12-20)24-17-10-8-9-16(13-17)18(25)23-15(2)3/h15-17H,5-14H2,1-4H3,(H,23,25)(H2,21,22,24). The Morgan fingerprint density at radius 2 is 1.92 bits per heavy atom. The van der Waals surface area contributed by atoms with Gasteiger partial charge in [0.1, 0.15) is 0 Å². The predicted molar refractivity (Wildman–Crippen MR) is 105 cm³/mol. The summed E-state index contributed by atoms with van der Waals surface area (Å²) >= 11 is 0. The molecule has 0 saturated heterocycles. The molecule has 0 radical (unpaired) electrons. The van der Waals surface area contributed by atoms with Crippen LogP contribution in [0, 0.1) is 11.3 Å². The van der Waals surface area contributed by atoms with Gasteiger partial charge in [-0.1, -0.05) is 26.2 Å². The van der Waals surface area contributed by atoms with Gasteiger partial charge in [0, 0.05) is 31.1 Å². The van der Waals surface area contributed by atoms with E-state index in [0.717, 1.165) is 44.7 Å². The maximum absolute atomic E-state index is 12.3. The van der Waals surface area contributed by atoms with Crippen LogP contribution in [0.5, 0.6) is 0 Å². The van der Waals surface area contributed by atoms with Gasteiger partial charge in [0.05, 0.1) is 0 Å². The molecule has 2 saturated carbocycles. The van der Waals surface area contributed by atoms with E-state index >= 15 is 0 Å². The first-order valence-electron chi connectivity index (χ1n) is 10.3. The number of guanidine groups is 1. The molecule has 2 unspecified atom stereocenters. The zero-order valence-corrected chi connectivity index (χ0v) is 16.7. The smallest absolute Gasteiger partial charge is 0.223 e. The Morgan fingerprint density at radius 1 is 1.20 bits per heavy atom. The fraction of sp³-hybridized carbons (Fsp3) is 0.900. The van der Waals surface area contributed by atoms with Crippen molar-refractivity contribution in [1.82, 2.24) is 16.0 Å². The zero-order chi connectivity index (χ0) is 18.3. The van der Waals surface area contributed by atoms with Crippen LogP contribution in [0.4, 0.5) is 0 Å². The van der Waals surface area contributed by atoms with Crippen LogP contribution in [0.2, 0.25) is 0 Å². The first-order chi connectivity index (χ1) is 11.9. The molecule has 0 heterocycles. The molecule has 0 aromatic rings. The number of nitrogens with zero attached hydrogens (tertiary/aromatic N) is 1. The van der Waals surface area contributed by atoms with E-state index in [1.54, 1.807) is 0 Å². The third-order valence-corrected chi connectivity index (χ3v) is 5.59. The monoisotopic (exact) mass is 350 g/mol. The van der Waals surface area contributed by atoms with Crippen LogP contribution >= 0.6 is 0 Å². The van der Waals surface area contributed by atoms with Crippen molar-refractivity contribution in [2.45, 2.75) is 91.1 Å². The van der Waals surface area contributed by atoms with E-state index in [0.29, 0.717) is 11.5 Å². The van der Waals surface area contributed by atoms with E-state index in [1.807, 2.05) is 13.8 Å². The minimum absolute atomic E-state index is 0.129. The van der Waals surface area contributed by atoms with Gasteiger partial charge < -0.3 is 16.0 Å². The second-order valence-electron chi connectivity index (χ2n) is 8.58. The van der Waals surface area contributed by atoms with Gasteiger partial charge in [-0.15, -0.1) is 0 Å². The van der Waals surface area contributed by atoms with E-state index in [9.17, 15) is 4.79 Å². The number of aliphatic imine (C=N–C) groups is 1. The Labute approximate surface area is 153 Å². The molecular formula is C20H38N4O. The van der Waals surface area contributed by atoms with Crippen molar-refractivity contribution in [2.75, 3.05) is 13.1 Å². The van der Waals surface area contributed by atoms with E-state index in [-0.39, 0.29) is 17.9 Å². The summed E-state index contributed by atoms with van der Waals surface area (Å²) in [5, 5.41) is 10.0. The van der Waals surface area contributed by atoms with Crippen molar-refractivity contribution in [3.8, 4) is 0 Å². The molecule has 2 fully saturated rings. The highest BCUT2D eigenvalue weighted by atomic mass is 16.1. The van der Waals surface area contributed by atoms with Gasteiger partial charge in [0.15, 0.2) is 5.96 Å². The fourth-order valence-electron chi connectivity index (χ4n) is 4.13. The molecule has 25 heavy (non-hydrogen) atoms. The number of rotatable bonds is 6. The molecule has 1 amide bonds. The summed E-state index contributed by atoms with van der Waals surface area (Å²) in [6.07, 6.45) is 9.38. The van der Waals surface area contributed by atoms with E-state index in [1.165, 1.54) is 25.7 Å². The topological polar surface area (TPSA) is 65.5 Å². The van der Waals surface area contributed by atoms with E-state index in [4.69, 9.17) is 4.99 Å². The number of hydrogen-bond acceptors (Lipinski definition) is 2. The average Bonchev–Trinajstić information content (AvgIpc) is 3.00. The molecule has 0 spiro atoms. The summed E-state index contributed by atoms with van der Waals surface area (Å²) in [6, 6.07) is 0.553. The summed E-state index contributed by atoms with van der Waals surface area (Å²) in [5.41, 5.74) is 0.370. The lowest BCUT2D eigenvalue weighted by Gasteiger charge is -2.31. The van der Waals surface area contributed by atoms with Crippen LogP contribution in [0.25, 0.3) is 0 Å². The van der Waals surface area contributed by atoms with Crippen LogP contribution in [0.3, 0.4) is 0 Å². The summed E-state index contributed by atoms with van der Waals surface area (Å²) in [6.45, 7) is 10.3. The van der Waals surface area contributed by atoms with Crippen LogP contribution < -0.4 is 16.0 Å². The number of carbonyl (C=O) groups excluding carboxylic acids is 1.